The van der Waals surface area contributed by atoms with Crippen molar-refractivity contribution in [2.45, 2.75) is 25.7 Å². The lowest BCUT2D eigenvalue weighted by atomic mass is 9.66. The number of halogens is 1. The van der Waals surface area contributed by atoms with Crippen LogP contribution in [0.5, 0.6) is 0 Å². The molecule has 0 saturated heterocycles. The van der Waals surface area contributed by atoms with E-state index in [9.17, 15) is 9.59 Å². The summed E-state index contributed by atoms with van der Waals surface area (Å²) in [5.74, 6) is -1.40. The van der Waals surface area contributed by atoms with E-state index in [1.165, 1.54) is 0 Å². The molecule has 0 bridgehead atoms. The summed E-state index contributed by atoms with van der Waals surface area (Å²) in [5.41, 5.74) is 5.90. The number of carbonyl (C=O) groups is 2. The molecule has 5 nitrogen and oxygen atoms in total. The van der Waals surface area contributed by atoms with Gasteiger partial charge in [0.05, 0.1) is 17.0 Å². The largest absolute Gasteiger partial charge is 0.481 e. The minimum Gasteiger partial charge on any atom is -0.481 e. The van der Waals surface area contributed by atoms with E-state index < -0.39 is 11.9 Å². The monoisotopic (exact) mass is 296 g/mol. The molecule has 1 aromatic rings. The number of carboxylic acids is 1. The lowest BCUT2D eigenvalue weighted by Gasteiger charge is -2.41. The van der Waals surface area contributed by atoms with Crippen LogP contribution in [-0.2, 0) is 4.79 Å². The maximum Gasteiger partial charge on any atom is 0.303 e. The topological polar surface area (TPSA) is 92.4 Å². The van der Waals surface area contributed by atoms with Gasteiger partial charge >= 0.3 is 5.97 Å². The van der Waals surface area contributed by atoms with Crippen LogP contribution in [0.3, 0.4) is 0 Å². The first-order chi connectivity index (χ1) is 9.43. The van der Waals surface area contributed by atoms with Crippen molar-refractivity contribution in [3.05, 3.63) is 28.8 Å². The minimum atomic E-state index is -0.798. The van der Waals surface area contributed by atoms with Crippen molar-refractivity contribution < 1.29 is 14.7 Å². The van der Waals surface area contributed by atoms with Crippen LogP contribution in [0.1, 0.15) is 36.0 Å². The molecule has 1 aliphatic carbocycles. The Morgan fingerprint density at radius 3 is 2.60 bits per heavy atom. The van der Waals surface area contributed by atoms with Crippen LogP contribution in [0.15, 0.2) is 18.2 Å². The third-order valence-electron chi connectivity index (χ3n) is 3.85. The van der Waals surface area contributed by atoms with Gasteiger partial charge in [0.15, 0.2) is 0 Å². The molecule has 108 valence electrons. The Balaban J connectivity index is 2.13. The van der Waals surface area contributed by atoms with Crippen LogP contribution in [0.4, 0.5) is 5.69 Å². The van der Waals surface area contributed by atoms with Crippen LogP contribution in [0.25, 0.3) is 0 Å². The summed E-state index contributed by atoms with van der Waals surface area (Å²) in [7, 11) is 0. The Labute approximate surface area is 122 Å². The molecule has 6 heteroatoms. The molecule has 0 aliphatic heterocycles. The van der Waals surface area contributed by atoms with Gasteiger partial charge in [-0.1, -0.05) is 24.1 Å². The fraction of sp³-hybridized carbons (Fsp3) is 0.429. The van der Waals surface area contributed by atoms with E-state index in [1.54, 1.807) is 18.2 Å². The van der Waals surface area contributed by atoms with Crippen molar-refractivity contribution in [2.24, 2.45) is 11.1 Å². The van der Waals surface area contributed by atoms with Gasteiger partial charge in [-0.25, -0.2) is 0 Å². The predicted molar refractivity (Wildman–Crippen MR) is 77.0 cm³/mol. The number of carboxylic acid groups (broad SMARTS) is 1. The zero-order valence-corrected chi connectivity index (χ0v) is 11.7. The fourth-order valence-corrected chi connectivity index (χ4v) is 2.89. The smallest absolute Gasteiger partial charge is 0.303 e. The van der Waals surface area contributed by atoms with E-state index in [0.29, 0.717) is 17.3 Å². The quantitative estimate of drug-likeness (QED) is 0.752. The number of amides is 1. The number of aliphatic carboxylic acids is 1. The molecule has 0 unspecified atom stereocenters. The Bertz CT molecular complexity index is 541. The standard InChI is InChI=1S/C14H17ClN2O3/c15-9-3-1-4-10(12(9)13(16)20)17-8-14(5-2-6-14)7-11(18)19/h1,3-4,17H,2,5-8H2,(H2,16,20)(H,18,19). The van der Waals surface area contributed by atoms with Crippen LogP contribution in [0.2, 0.25) is 5.02 Å². The van der Waals surface area contributed by atoms with Gasteiger partial charge in [-0.2, -0.15) is 0 Å². The van der Waals surface area contributed by atoms with Crippen LogP contribution in [-0.4, -0.2) is 23.5 Å². The number of hydrogen-bond donors (Lipinski definition) is 3. The highest BCUT2D eigenvalue weighted by molar-refractivity contribution is 6.34. The molecule has 0 radical (unpaired) electrons. The molecule has 1 aliphatic rings. The number of nitrogens with one attached hydrogen (secondary N) is 1. The number of benzene rings is 1. The molecule has 2 rings (SSSR count). The van der Waals surface area contributed by atoms with E-state index in [4.69, 9.17) is 22.4 Å². The maximum absolute atomic E-state index is 11.4. The van der Waals surface area contributed by atoms with Crippen molar-refractivity contribution in [3.8, 4) is 0 Å². The van der Waals surface area contributed by atoms with Crippen molar-refractivity contribution in [2.75, 3.05) is 11.9 Å². The summed E-state index contributed by atoms with van der Waals surface area (Å²) < 4.78 is 0. The zero-order valence-electron chi connectivity index (χ0n) is 11.0. The molecular weight excluding hydrogens is 280 g/mol. The third-order valence-corrected chi connectivity index (χ3v) is 4.17. The SMILES string of the molecule is NC(=O)c1c(Cl)cccc1NCC1(CC(=O)O)CCC1. The van der Waals surface area contributed by atoms with Crippen LogP contribution in [0, 0.1) is 5.41 Å². The average Bonchev–Trinajstić information content (AvgIpc) is 2.31. The molecule has 20 heavy (non-hydrogen) atoms. The van der Waals surface area contributed by atoms with Gasteiger partial charge in [0, 0.05) is 12.2 Å². The second kappa shape index (κ2) is 5.71. The van der Waals surface area contributed by atoms with Gasteiger partial charge in [0.1, 0.15) is 0 Å². The lowest BCUT2D eigenvalue weighted by Crippen LogP contribution is -2.38. The number of nitrogens with two attached hydrogens (primary N) is 1. The summed E-state index contributed by atoms with van der Waals surface area (Å²) in [5, 5.41) is 12.4. The number of anilines is 1. The van der Waals surface area contributed by atoms with Crippen LogP contribution >= 0.6 is 11.6 Å². The first kappa shape index (κ1) is 14.7. The Morgan fingerprint density at radius 1 is 1.40 bits per heavy atom. The van der Waals surface area contributed by atoms with Crippen molar-refractivity contribution >= 4 is 29.2 Å². The van der Waals surface area contributed by atoms with E-state index >= 15 is 0 Å². The molecule has 0 heterocycles. The molecule has 0 spiro atoms. The first-order valence-corrected chi connectivity index (χ1v) is 6.85. The third kappa shape index (κ3) is 3.04. The van der Waals surface area contributed by atoms with Gasteiger partial charge in [0.2, 0.25) is 0 Å². The highest BCUT2D eigenvalue weighted by atomic mass is 35.5. The van der Waals surface area contributed by atoms with Crippen molar-refractivity contribution in [1.82, 2.24) is 0 Å². The molecule has 1 saturated carbocycles. The molecule has 0 aromatic heterocycles. The lowest BCUT2D eigenvalue weighted by molar-refractivity contribution is -0.141. The van der Waals surface area contributed by atoms with Gasteiger partial charge < -0.3 is 16.2 Å². The summed E-state index contributed by atoms with van der Waals surface area (Å²) in [6.45, 7) is 0.500. The highest BCUT2D eigenvalue weighted by Crippen LogP contribution is 2.44. The molecule has 1 aromatic carbocycles. The number of rotatable bonds is 6. The predicted octanol–water partition coefficient (Wildman–Crippen LogP) is 2.50. The Kier molecular flexibility index (Phi) is 4.18. The van der Waals surface area contributed by atoms with Gasteiger partial charge in [-0.3, -0.25) is 9.59 Å². The average molecular weight is 297 g/mol. The highest BCUT2D eigenvalue weighted by Gasteiger charge is 2.38. The van der Waals surface area contributed by atoms with E-state index in [1.807, 2.05) is 0 Å². The summed E-state index contributed by atoms with van der Waals surface area (Å²) in [6.07, 6.45) is 2.91. The number of primary amides is 1. The van der Waals surface area contributed by atoms with Crippen molar-refractivity contribution in [3.63, 3.8) is 0 Å². The molecule has 0 atom stereocenters. The normalized spacial score (nSPS) is 16.2. The second-order valence-electron chi connectivity index (χ2n) is 5.30. The van der Waals surface area contributed by atoms with E-state index in [2.05, 4.69) is 5.32 Å². The molecule has 1 fully saturated rings. The van der Waals surface area contributed by atoms with Crippen LogP contribution < -0.4 is 11.1 Å². The zero-order chi connectivity index (χ0) is 14.8. The van der Waals surface area contributed by atoms with E-state index in [-0.39, 0.29) is 17.4 Å². The summed E-state index contributed by atoms with van der Waals surface area (Å²) in [6, 6.07) is 5.05. The second-order valence-corrected chi connectivity index (χ2v) is 5.71. The minimum absolute atomic E-state index is 0.131. The molecular formula is C14H17ClN2O3. The summed E-state index contributed by atoms with van der Waals surface area (Å²) in [4.78, 5) is 22.4. The molecule has 4 N–H and O–H groups in total. The number of carbonyl (C=O) groups excluding carboxylic acids is 1. The first-order valence-electron chi connectivity index (χ1n) is 6.47. The van der Waals surface area contributed by atoms with Gasteiger partial charge in [0.25, 0.3) is 5.91 Å². The Hall–Kier alpha value is -1.75. The molecule has 1 amide bonds. The maximum atomic E-state index is 11.4. The summed E-state index contributed by atoms with van der Waals surface area (Å²) >= 11 is 5.97. The van der Waals surface area contributed by atoms with Crippen molar-refractivity contribution in [1.29, 1.82) is 0 Å². The van der Waals surface area contributed by atoms with E-state index in [0.717, 1.165) is 19.3 Å². The Morgan fingerprint density at radius 2 is 2.10 bits per heavy atom. The number of hydrogen-bond acceptors (Lipinski definition) is 3. The fourth-order valence-electron chi connectivity index (χ4n) is 2.62. The van der Waals surface area contributed by atoms with Gasteiger partial charge in [-0.15, -0.1) is 0 Å². The van der Waals surface area contributed by atoms with Gasteiger partial charge in [-0.05, 0) is 30.4 Å².